The molecular formula is C13H24N2O3. The molecule has 1 fully saturated rings. The molecule has 18 heavy (non-hydrogen) atoms. The number of nitrogens with two attached hydrogens (primary N) is 1. The zero-order valence-electron chi connectivity index (χ0n) is 11.1. The van der Waals surface area contributed by atoms with Gasteiger partial charge in [0.1, 0.15) is 0 Å². The van der Waals surface area contributed by atoms with Crippen LogP contribution in [0, 0.1) is 11.3 Å². The number of hydrogen-bond donors (Lipinski definition) is 3. The Hall–Kier alpha value is -1.10. The number of hydrogen-bond acceptors (Lipinski definition) is 3. The van der Waals surface area contributed by atoms with Crippen LogP contribution in [0.15, 0.2) is 0 Å². The minimum atomic E-state index is -0.858. The van der Waals surface area contributed by atoms with Crippen LogP contribution in [0.4, 0.5) is 0 Å². The summed E-state index contributed by atoms with van der Waals surface area (Å²) in [4.78, 5) is 23.1. The van der Waals surface area contributed by atoms with Crippen molar-refractivity contribution in [2.75, 3.05) is 13.1 Å². The fourth-order valence-electron chi connectivity index (χ4n) is 2.56. The number of carbonyl (C=O) groups excluding carboxylic acids is 1. The number of amides is 1. The van der Waals surface area contributed by atoms with Gasteiger partial charge in [0.05, 0.1) is 11.3 Å². The standard InChI is InChI=1S/C13H24N2O3/c1-2-10(11(16)17)8-15-12(18)13(9-14)6-4-3-5-7-13/h10H,2-9,14H2,1H3,(H,15,18)(H,16,17). The summed E-state index contributed by atoms with van der Waals surface area (Å²) in [5.74, 6) is -1.43. The quantitative estimate of drug-likeness (QED) is 0.664. The van der Waals surface area contributed by atoms with Gasteiger partial charge in [-0.2, -0.15) is 0 Å². The molecule has 1 aliphatic rings. The summed E-state index contributed by atoms with van der Waals surface area (Å²) in [6, 6.07) is 0. The Morgan fingerprint density at radius 2 is 1.94 bits per heavy atom. The average Bonchev–Trinajstić information content (AvgIpc) is 2.39. The molecule has 0 bridgehead atoms. The molecular weight excluding hydrogens is 232 g/mol. The van der Waals surface area contributed by atoms with Gasteiger partial charge in [-0.25, -0.2) is 0 Å². The topological polar surface area (TPSA) is 92.4 Å². The summed E-state index contributed by atoms with van der Waals surface area (Å²) in [6.07, 6.45) is 5.37. The molecule has 0 heterocycles. The first-order valence-corrected chi connectivity index (χ1v) is 6.77. The molecule has 1 amide bonds. The molecule has 1 rings (SSSR count). The minimum Gasteiger partial charge on any atom is -0.481 e. The number of carbonyl (C=O) groups is 2. The van der Waals surface area contributed by atoms with Crippen LogP contribution in [0.5, 0.6) is 0 Å². The first kappa shape index (κ1) is 15.0. The summed E-state index contributed by atoms with van der Waals surface area (Å²) in [7, 11) is 0. The van der Waals surface area contributed by atoms with E-state index in [2.05, 4.69) is 5.32 Å². The maximum absolute atomic E-state index is 12.2. The molecule has 1 saturated carbocycles. The Morgan fingerprint density at radius 3 is 2.39 bits per heavy atom. The second-order valence-corrected chi connectivity index (χ2v) is 5.20. The van der Waals surface area contributed by atoms with Crippen molar-refractivity contribution in [2.45, 2.75) is 45.4 Å². The SMILES string of the molecule is CCC(CNC(=O)C1(CN)CCCCC1)C(=O)O. The number of aliphatic carboxylic acids is 1. The third-order valence-corrected chi connectivity index (χ3v) is 4.03. The van der Waals surface area contributed by atoms with E-state index in [-0.39, 0.29) is 12.5 Å². The first-order chi connectivity index (χ1) is 8.55. The van der Waals surface area contributed by atoms with Gasteiger partial charge in [-0.05, 0) is 19.3 Å². The molecule has 0 aromatic carbocycles. The minimum absolute atomic E-state index is 0.0654. The van der Waals surface area contributed by atoms with Gasteiger partial charge in [-0.1, -0.05) is 26.2 Å². The highest BCUT2D eigenvalue weighted by atomic mass is 16.4. The van der Waals surface area contributed by atoms with Crippen molar-refractivity contribution in [3.8, 4) is 0 Å². The molecule has 104 valence electrons. The Bertz CT molecular complexity index is 299. The fraction of sp³-hybridized carbons (Fsp3) is 0.846. The van der Waals surface area contributed by atoms with Gasteiger partial charge < -0.3 is 16.2 Å². The van der Waals surface area contributed by atoms with Crippen molar-refractivity contribution in [3.63, 3.8) is 0 Å². The van der Waals surface area contributed by atoms with Gasteiger partial charge in [0.25, 0.3) is 0 Å². The van der Waals surface area contributed by atoms with E-state index in [4.69, 9.17) is 10.8 Å². The summed E-state index contributed by atoms with van der Waals surface area (Å²) < 4.78 is 0. The van der Waals surface area contributed by atoms with Crippen LogP contribution < -0.4 is 11.1 Å². The maximum Gasteiger partial charge on any atom is 0.308 e. The Balaban J connectivity index is 2.54. The van der Waals surface area contributed by atoms with Crippen LogP contribution in [-0.2, 0) is 9.59 Å². The van der Waals surface area contributed by atoms with Gasteiger partial charge in [-0.15, -0.1) is 0 Å². The third kappa shape index (κ3) is 3.45. The molecule has 0 aliphatic heterocycles. The number of carboxylic acids is 1. The predicted octanol–water partition coefficient (Wildman–Crippen LogP) is 1.12. The molecule has 0 spiro atoms. The Kier molecular flexibility index (Phi) is 5.59. The van der Waals surface area contributed by atoms with Gasteiger partial charge in [0.15, 0.2) is 0 Å². The summed E-state index contributed by atoms with van der Waals surface area (Å²) in [6.45, 7) is 2.36. The smallest absolute Gasteiger partial charge is 0.308 e. The second-order valence-electron chi connectivity index (χ2n) is 5.20. The largest absolute Gasteiger partial charge is 0.481 e. The van der Waals surface area contributed by atoms with E-state index in [1.165, 1.54) is 0 Å². The van der Waals surface area contributed by atoms with Crippen molar-refractivity contribution in [2.24, 2.45) is 17.1 Å². The van der Waals surface area contributed by atoms with Crippen molar-refractivity contribution < 1.29 is 14.7 Å². The fourth-order valence-corrected chi connectivity index (χ4v) is 2.56. The molecule has 0 radical (unpaired) electrons. The number of carboxylic acid groups (broad SMARTS) is 1. The van der Waals surface area contributed by atoms with Crippen LogP contribution in [-0.4, -0.2) is 30.1 Å². The van der Waals surface area contributed by atoms with Crippen molar-refractivity contribution >= 4 is 11.9 Å². The van der Waals surface area contributed by atoms with Crippen molar-refractivity contribution in [1.82, 2.24) is 5.32 Å². The van der Waals surface area contributed by atoms with E-state index >= 15 is 0 Å². The van der Waals surface area contributed by atoms with E-state index in [1.54, 1.807) is 0 Å². The van der Waals surface area contributed by atoms with E-state index < -0.39 is 17.3 Å². The lowest BCUT2D eigenvalue weighted by molar-refractivity contribution is -0.142. The monoisotopic (exact) mass is 256 g/mol. The molecule has 5 heteroatoms. The van der Waals surface area contributed by atoms with Crippen LogP contribution >= 0.6 is 0 Å². The number of rotatable bonds is 6. The molecule has 0 aromatic rings. The highest BCUT2D eigenvalue weighted by molar-refractivity contribution is 5.83. The van der Waals surface area contributed by atoms with Gasteiger partial charge in [0.2, 0.25) is 5.91 Å². The molecule has 0 saturated heterocycles. The zero-order chi connectivity index (χ0) is 13.6. The number of nitrogens with one attached hydrogen (secondary N) is 1. The lowest BCUT2D eigenvalue weighted by Gasteiger charge is -2.34. The van der Waals surface area contributed by atoms with E-state index in [0.29, 0.717) is 13.0 Å². The Morgan fingerprint density at radius 1 is 1.33 bits per heavy atom. The molecule has 1 aliphatic carbocycles. The maximum atomic E-state index is 12.2. The molecule has 0 aromatic heterocycles. The summed E-state index contributed by atoms with van der Waals surface area (Å²) in [5, 5.41) is 11.7. The molecule has 5 nitrogen and oxygen atoms in total. The second kappa shape index (κ2) is 6.73. The Labute approximate surface area is 108 Å². The third-order valence-electron chi connectivity index (χ3n) is 4.03. The predicted molar refractivity (Wildman–Crippen MR) is 69.0 cm³/mol. The molecule has 1 atom stereocenters. The summed E-state index contributed by atoms with van der Waals surface area (Å²) in [5.41, 5.74) is 5.30. The highest BCUT2D eigenvalue weighted by Gasteiger charge is 2.38. The van der Waals surface area contributed by atoms with Gasteiger partial charge >= 0.3 is 5.97 Å². The van der Waals surface area contributed by atoms with Crippen molar-refractivity contribution in [1.29, 1.82) is 0 Å². The van der Waals surface area contributed by atoms with E-state index in [0.717, 1.165) is 32.1 Å². The highest BCUT2D eigenvalue weighted by Crippen LogP contribution is 2.35. The molecule has 4 N–H and O–H groups in total. The van der Waals surface area contributed by atoms with Crippen LogP contribution in [0.25, 0.3) is 0 Å². The van der Waals surface area contributed by atoms with Crippen LogP contribution in [0.1, 0.15) is 45.4 Å². The van der Waals surface area contributed by atoms with Gasteiger partial charge in [-0.3, -0.25) is 9.59 Å². The van der Waals surface area contributed by atoms with E-state index in [1.807, 2.05) is 6.92 Å². The molecule has 1 unspecified atom stereocenters. The van der Waals surface area contributed by atoms with Gasteiger partial charge in [0, 0.05) is 13.1 Å². The lowest BCUT2D eigenvalue weighted by Crippen LogP contribution is -2.48. The average molecular weight is 256 g/mol. The summed E-state index contributed by atoms with van der Waals surface area (Å²) >= 11 is 0. The zero-order valence-corrected chi connectivity index (χ0v) is 11.1. The van der Waals surface area contributed by atoms with Crippen LogP contribution in [0.2, 0.25) is 0 Å². The van der Waals surface area contributed by atoms with Crippen molar-refractivity contribution in [3.05, 3.63) is 0 Å². The first-order valence-electron chi connectivity index (χ1n) is 6.77. The van der Waals surface area contributed by atoms with Crippen LogP contribution in [0.3, 0.4) is 0 Å². The van der Waals surface area contributed by atoms with E-state index in [9.17, 15) is 9.59 Å². The normalized spacial score (nSPS) is 20.1. The lowest BCUT2D eigenvalue weighted by atomic mass is 9.73.